The Bertz CT molecular complexity index is 1030. The van der Waals surface area contributed by atoms with E-state index in [2.05, 4.69) is 45.4 Å². The van der Waals surface area contributed by atoms with E-state index in [0.717, 1.165) is 17.2 Å². The van der Waals surface area contributed by atoms with Crippen LogP contribution in [-0.2, 0) is 0 Å². The van der Waals surface area contributed by atoms with Crippen LogP contribution in [0.1, 0.15) is 0 Å². The zero-order valence-electron chi connectivity index (χ0n) is 12.5. The van der Waals surface area contributed by atoms with Crippen molar-refractivity contribution in [3.8, 4) is 34.4 Å². The molecule has 0 atom stereocenters. The molecule has 0 aromatic carbocycles. The maximum Gasteiger partial charge on any atom is 0.191 e. The highest BCUT2D eigenvalue weighted by atomic mass is 32.1. The summed E-state index contributed by atoms with van der Waals surface area (Å²) in [6, 6.07) is 5.65. The fraction of sp³-hybridized carbons (Fsp3) is 0. The van der Waals surface area contributed by atoms with Crippen molar-refractivity contribution in [3.63, 3.8) is 0 Å². The molecule has 0 unspecified atom stereocenters. The lowest BCUT2D eigenvalue weighted by Crippen LogP contribution is -2.09. The summed E-state index contributed by atoms with van der Waals surface area (Å²) in [4.78, 5) is 3.11. The van der Waals surface area contributed by atoms with Gasteiger partial charge in [0.05, 0.1) is 12.4 Å². The minimum atomic E-state index is 0.519. The Kier molecular flexibility index (Phi) is 3.00. The van der Waals surface area contributed by atoms with Crippen molar-refractivity contribution >= 4 is 11.5 Å². The molecular weight excluding hydrogens is 342 g/mol. The molecule has 11 nitrogen and oxygen atoms in total. The Morgan fingerprint density at radius 3 is 2.80 bits per heavy atom. The van der Waals surface area contributed by atoms with E-state index in [1.807, 2.05) is 23.6 Å². The second-order valence-corrected chi connectivity index (χ2v) is 5.67. The topological polar surface area (TPSA) is 132 Å². The normalized spacial score (nSPS) is 11.2. The minimum Gasteiger partial charge on any atom is -0.347 e. The van der Waals surface area contributed by atoms with E-state index in [0.29, 0.717) is 17.2 Å². The van der Waals surface area contributed by atoms with Crippen LogP contribution < -0.4 is 0 Å². The van der Waals surface area contributed by atoms with Gasteiger partial charge in [0.25, 0.3) is 0 Å². The number of nitrogens with zero attached hydrogens (tertiary/aromatic N) is 9. The average Bonchev–Trinajstić information content (AvgIpc) is 3.48. The first kappa shape index (κ1) is 13.7. The third kappa shape index (κ3) is 2.15. The Labute approximate surface area is 143 Å². The standard InChI is InChI=1S/C13H9N11S/c1-2-11(14-4-1)24-13(12(18-22-24)9-6-15-20-17-9)23-10(7-16-21-23)8-3-5-25-19-8/h1-7,14H,(H,15,17,20). The highest BCUT2D eigenvalue weighted by Gasteiger charge is 2.24. The second kappa shape index (κ2) is 5.45. The van der Waals surface area contributed by atoms with Crippen LogP contribution >= 0.6 is 11.5 Å². The van der Waals surface area contributed by atoms with Gasteiger partial charge in [-0.2, -0.15) is 29.1 Å². The molecule has 0 aliphatic rings. The van der Waals surface area contributed by atoms with Gasteiger partial charge in [-0.15, -0.1) is 10.2 Å². The lowest BCUT2D eigenvalue weighted by atomic mass is 10.3. The van der Waals surface area contributed by atoms with Crippen LogP contribution in [0, 0.1) is 0 Å². The molecule has 0 aliphatic carbocycles. The van der Waals surface area contributed by atoms with Crippen LogP contribution in [0.4, 0.5) is 0 Å². The maximum atomic E-state index is 4.36. The molecule has 5 rings (SSSR count). The van der Waals surface area contributed by atoms with Crippen LogP contribution in [0.25, 0.3) is 34.4 Å². The molecule has 0 amide bonds. The SMILES string of the molecule is c1c[nH]c(-n2nnc(-c3cn[nH]n3)c2-n2nncc2-c2ccsn2)c1. The number of hydrogen-bond acceptors (Lipinski definition) is 8. The number of hydrogen-bond donors (Lipinski definition) is 2. The summed E-state index contributed by atoms with van der Waals surface area (Å²) >= 11 is 1.36. The Morgan fingerprint density at radius 2 is 2.04 bits per heavy atom. The summed E-state index contributed by atoms with van der Waals surface area (Å²) in [5.74, 6) is 1.31. The van der Waals surface area contributed by atoms with Gasteiger partial charge in [0.1, 0.15) is 22.9 Å². The third-order valence-electron chi connectivity index (χ3n) is 3.56. The largest absolute Gasteiger partial charge is 0.347 e. The lowest BCUT2D eigenvalue weighted by molar-refractivity contribution is 0.712. The summed E-state index contributed by atoms with van der Waals surface area (Å²) in [5.41, 5.74) is 2.55. The summed E-state index contributed by atoms with van der Waals surface area (Å²) in [6.07, 6.45) is 5.03. The molecule has 25 heavy (non-hydrogen) atoms. The van der Waals surface area contributed by atoms with Crippen LogP contribution in [-0.4, -0.2) is 54.8 Å². The van der Waals surface area contributed by atoms with Crippen molar-refractivity contribution in [2.24, 2.45) is 0 Å². The van der Waals surface area contributed by atoms with Gasteiger partial charge >= 0.3 is 0 Å². The van der Waals surface area contributed by atoms with Gasteiger partial charge < -0.3 is 4.98 Å². The predicted octanol–water partition coefficient (Wildman–Crippen LogP) is 1.08. The summed E-state index contributed by atoms with van der Waals surface area (Å²) in [7, 11) is 0. The van der Waals surface area contributed by atoms with E-state index in [1.54, 1.807) is 28.0 Å². The first-order valence-electron chi connectivity index (χ1n) is 7.19. The summed E-state index contributed by atoms with van der Waals surface area (Å²) in [6.45, 7) is 0. The number of aromatic amines is 2. The van der Waals surface area contributed by atoms with Gasteiger partial charge in [0, 0.05) is 11.6 Å². The molecule has 0 fully saturated rings. The molecule has 0 spiro atoms. The van der Waals surface area contributed by atoms with Gasteiger partial charge in [-0.1, -0.05) is 10.4 Å². The fourth-order valence-electron chi connectivity index (χ4n) is 2.47. The molecule has 0 radical (unpaired) electrons. The molecule has 5 aromatic rings. The first-order valence-corrected chi connectivity index (χ1v) is 8.03. The van der Waals surface area contributed by atoms with Crippen molar-refractivity contribution in [2.75, 3.05) is 0 Å². The number of rotatable bonds is 4. The second-order valence-electron chi connectivity index (χ2n) is 5.00. The highest BCUT2D eigenvalue weighted by Crippen LogP contribution is 2.28. The summed E-state index contributed by atoms with van der Waals surface area (Å²) in [5, 5.41) is 29.2. The van der Waals surface area contributed by atoms with Crippen molar-refractivity contribution in [3.05, 3.63) is 42.2 Å². The fourth-order valence-corrected chi connectivity index (χ4v) is 2.99. The molecule has 5 heterocycles. The van der Waals surface area contributed by atoms with E-state index < -0.39 is 0 Å². The zero-order valence-corrected chi connectivity index (χ0v) is 13.3. The molecule has 0 saturated carbocycles. The van der Waals surface area contributed by atoms with Crippen molar-refractivity contribution in [2.45, 2.75) is 0 Å². The Balaban J connectivity index is 1.78. The highest BCUT2D eigenvalue weighted by molar-refractivity contribution is 7.03. The Morgan fingerprint density at radius 1 is 1.04 bits per heavy atom. The van der Waals surface area contributed by atoms with Crippen LogP contribution in [0.3, 0.4) is 0 Å². The van der Waals surface area contributed by atoms with Gasteiger partial charge in [-0.05, 0) is 29.7 Å². The molecule has 0 bridgehead atoms. The van der Waals surface area contributed by atoms with Gasteiger partial charge in [0.15, 0.2) is 11.5 Å². The van der Waals surface area contributed by atoms with E-state index in [-0.39, 0.29) is 0 Å². The van der Waals surface area contributed by atoms with Crippen LogP contribution in [0.2, 0.25) is 0 Å². The quantitative estimate of drug-likeness (QED) is 0.495. The lowest BCUT2D eigenvalue weighted by Gasteiger charge is -2.07. The van der Waals surface area contributed by atoms with Crippen molar-refractivity contribution in [1.82, 2.24) is 54.8 Å². The van der Waals surface area contributed by atoms with Crippen LogP contribution in [0.15, 0.2) is 42.2 Å². The van der Waals surface area contributed by atoms with Gasteiger partial charge in [-0.25, -0.2) is 0 Å². The zero-order chi connectivity index (χ0) is 16.6. The molecule has 0 aliphatic heterocycles. The molecule has 122 valence electrons. The van der Waals surface area contributed by atoms with Gasteiger partial charge in [-0.3, -0.25) is 0 Å². The molecular formula is C13H9N11S. The summed E-state index contributed by atoms with van der Waals surface area (Å²) < 4.78 is 7.64. The monoisotopic (exact) mass is 351 g/mol. The van der Waals surface area contributed by atoms with Crippen LogP contribution in [0.5, 0.6) is 0 Å². The molecule has 12 heteroatoms. The van der Waals surface area contributed by atoms with Gasteiger partial charge in [0.2, 0.25) is 0 Å². The number of aromatic nitrogens is 11. The van der Waals surface area contributed by atoms with Crippen molar-refractivity contribution < 1.29 is 0 Å². The third-order valence-corrected chi connectivity index (χ3v) is 4.12. The molecule has 5 aromatic heterocycles. The number of H-pyrrole nitrogens is 2. The van der Waals surface area contributed by atoms with E-state index in [9.17, 15) is 0 Å². The first-order chi connectivity index (χ1) is 12.4. The van der Waals surface area contributed by atoms with Crippen molar-refractivity contribution in [1.29, 1.82) is 0 Å². The minimum absolute atomic E-state index is 0.519. The van der Waals surface area contributed by atoms with E-state index in [1.165, 1.54) is 11.5 Å². The number of nitrogens with one attached hydrogen (secondary N) is 2. The molecule has 2 N–H and O–H groups in total. The molecule has 0 saturated heterocycles. The average molecular weight is 351 g/mol. The van der Waals surface area contributed by atoms with E-state index in [4.69, 9.17) is 0 Å². The Hall–Kier alpha value is -3.67. The predicted molar refractivity (Wildman–Crippen MR) is 87.1 cm³/mol. The maximum absolute atomic E-state index is 4.36. The van der Waals surface area contributed by atoms with E-state index >= 15 is 0 Å². The smallest absolute Gasteiger partial charge is 0.191 e.